The van der Waals surface area contributed by atoms with Crippen molar-refractivity contribution in [3.8, 4) is 17.6 Å². The summed E-state index contributed by atoms with van der Waals surface area (Å²) in [4.78, 5) is 16.1. The van der Waals surface area contributed by atoms with Crippen molar-refractivity contribution in [2.24, 2.45) is 0 Å². The molecule has 2 aromatic carbocycles. The number of carbonyl (C=O) groups is 1. The first-order valence-corrected chi connectivity index (χ1v) is 8.43. The Morgan fingerprint density at radius 2 is 1.74 bits per heavy atom. The lowest BCUT2D eigenvalue weighted by molar-refractivity contribution is 0.251. The van der Waals surface area contributed by atoms with Crippen molar-refractivity contribution in [1.29, 1.82) is 5.26 Å². The molecule has 0 aliphatic carbocycles. The van der Waals surface area contributed by atoms with Crippen LogP contribution in [0.25, 0.3) is 0 Å². The number of benzene rings is 2. The van der Waals surface area contributed by atoms with Gasteiger partial charge in [0.2, 0.25) is 0 Å². The van der Waals surface area contributed by atoms with Gasteiger partial charge in [0.15, 0.2) is 0 Å². The Labute approximate surface area is 161 Å². The van der Waals surface area contributed by atoms with Crippen molar-refractivity contribution in [2.45, 2.75) is 6.54 Å². The lowest BCUT2D eigenvalue weighted by Gasteiger charge is -2.09. The van der Waals surface area contributed by atoms with Gasteiger partial charge in [0.25, 0.3) is 0 Å². The largest absolute Gasteiger partial charge is 0.457 e. The van der Waals surface area contributed by atoms with Gasteiger partial charge in [-0.15, -0.1) is 0 Å². The van der Waals surface area contributed by atoms with E-state index < -0.39 is 0 Å². The van der Waals surface area contributed by atoms with E-state index in [1.165, 1.54) is 0 Å². The number of anilines is 1. The van der Waals surface area contributed by atoms with E-state index in [-0.39, 0.29) is 12.6 Å². The molecule has 0 bridgehead atoms. The van der Waals surface area contributed by atoms with Crippen molar-refractivity contribution in [3.63, 3.8) is 0 Å². The SMILES string of the molecule is N#Cc1ccc(Oc2ccc(NC(=O)NCc3cc(Cl)ccn3)cc2)cc1. The number of amides is 2. The zero-order valence-corrected chi connectivity index (χ0v) is 14.9. The van der Waals surface area contributed by atoms with Crippen LogP contribution in [0.2, 0.25) is 5.02 Å². The number of nitriles is 1. The zero-order chi connectivity index (χ0) is 19.1. The maximum absolute atomic E-state index is 12.0. The second-order valence-electron chi connectivity index (χ2n) is 5.54. The molecule has 3 aromatic rings. The quantitative estimate of drug-likeness (QED) is 0.672. The highest BCUT2D eigenvalue weighted by Gasteiger charge is 2.04. The zero-order valence-electron chi connectivity index (χ0n) is 14.1. The predicted molar refractivity (Wildman–Crippen MR) is 103 cm³/mol. The summed E-state index contributed by atoms with van der Waals surface area (Å²) in [5.41, 5.74) is 1.86. The molecule has 7 heteroatoms. The van der Waals surface area contributed by atoms with E-state index >= 15 is 0 Å². The van der Waals surface area contributed by atoms with Crippen LogP contribution in [0.4, 0.5) is 10.5 Å². The van der Waals surface area contributed by atoms with Crippen molar-refractivity contribution in [3.05, 3.63) is 83.1 Å². The number of nitrogens with zero attached hydrogens (tertiary/aromatic N) is 2. The van der Waals surface area contributed by atoms with Gasteiger partial charge in [-0.3, -0.25) is 4.98 Å². The summed E-state index contributed by atoms with van der Waals surface area (Å²) in [5.74, 6) is 1.25. The maximum atomic E-state index is 12.0. The molecule has 0 fully saturated rings. The number of rotatable bonds is 5. The average Bonchev–Trinajstić information content (AvgIpc) is 2.69. The lowest BCUT2D eigenvalue weighted by Crippen LogP contribution is -2.28. The third-order valence-electron chi connectivity index (χ3n) is 3.54. The number of carbonyl (C=O) groups excluding carboxylic acids is 1. The second-order valence-corrected chi connectivity index (χ2v) is 5.97. The molecule has 2 amide bonds. The summed E-state index contributed by atoms with van der Waals surface area (Å²) >= 11 is 5.88. The summed E-state index contributed by atoms with van der Waals surface area (Å²) < 4.78 is 5.70. The molecule has 2 N–H and O–H groups in total. The van der Waals surface area contributed by atoms with Gasteiger partial charge in [-0.1, -0.05) is 11.6 Å². The third kappa shape index (κ3) is 5.46. The Morgan fingerprint density at radius 1 is 1.07 bits per heavy atom. The number of halogens is 1. The minimum Gasteiger partial charge on any atom is -0.457 e. The minimum absolute atomic E-state index is 0.270. The first kappa shape index (κ1) is 18.2. The van der Waals surface area contributed by atoms with E-state index in [9.17, 15) is 4.79 Å². The van der Waals surface area contributed by atoms with Crippen LogP contribution in [0.15, 0.2) is 66.9 Å². The maximum Gasteiger partial charge on any atom is 0.319 e. The fraction of sp³-hybridized carbons (Fsp3) is 0.0500. The van der Waals surface area contributed by atoms with Crippen LogP contribution in [0.5, 0.6) is 11.5 Å². The topological polar surface area (TPSA) is 87.0 Å². The molecule has 0 spiro atoms. The number of aromatic nitrogens is 1. The smallest absolute Gasteiger partial charge is 0.319 e. The summed E-state index contributed by atoms with van der Waals surface area (Å²) in [6.07, 6.45) is 1.59. The highest BCUT2D eigenvalue weighted by atomic mass is 35.5. The molecule has 134 valence electrons. The van der Waals surface area contributed by atoms with Crippen LogP contribution in [0.3, 0.4) is 0 Å². The molecular formula is C20H15ClN4O2. The van der Waals surface area contributed by atoms with Crippen LogP contribution in [-0.4, -0.2) is 11.0 Å². The minimum atomic E-state index is -0.350. The van der Waals surface area contributed by atoms with Crippen LogP contribution < -0.4 is 15.4 Å². The highest BCUT2D eigenvalue weighted by Crippen LogP contribution is 2.23. The fourth-order valence-corrected chi connectivity index (χ4v) is 2.41. The number of ether oxygens (including phenoxy) is 1. The molecular weight excluding hydrogens is 364 g/mol. The first-order valence-electron chi connectivity index (χ1n) is 8.06. The normalized spacial score (nSPS) is 9.93. The van der Waals surface area contributed by atoms with E-state index in [1.54, 1.807) is 66.9 Å². The fourth-order valence-electron chi connectivity index (χ4n) is 2.23. The lowest BCUT2D eigenvalue weighted by atomic mass is 10.2. The highest BCUT2D eigenvalue weighted by molar-refractivity contribution is 6.30. The Hall–Kier alpha value is -3.56. The van der Waals surface area contributed by atoms with Crippen molar-refractivity contribution >= 4 is 23.3 Å². The predicted octanol–water partition coefficient (Wildman–Crippen LogP) is 4.72. The molecule has 0 saturated carbocycles. The van der Waals surface area contributed by atoms with Crippen LogP contribution in [0, 0.1) is 11.3 Å². The van der Waals surface area contributed by atoms with Gasteiger partial charge in [0.05, 0.1) is 23.9 Å². The second kappa shape index (κ2) is 8.70. The first-order chi connectivity index (χ1) is 13.1. The van der Waals surface area contributed by atoms with Crippen molar-refractivity contribution in [1.82, 2.24) is 10.3 Å². The standard InChI is InChI=1S/C20H15ClN4O2/c21-15-9-10-23-17(11-15)13-24-20(26)25-16-3-7-19(8-4-16)27-18-5-1-14(12-22)2-6-18/h1-11H,13H2,(H2,24,25,26). The average molecular weight is 379 g/mol. The van der Waals surface area contributed by atoms with E-state index in [0.717, 1.165) is 0 Å². The van der Waals surface area contributed by atoms with Gasteiger partial charge in [0, 0.05) is 16.9 Å². The molecule has 3 rings (SSSR count). The number of hydrogen-bond acceptors (Lipinski definition) is 4. The van der Waals surface area contributed by atoms with Gasteiger partial charge in [0.1, 0.15) is 11.5 Å². The Bertz CT molecular complexity index is 967. The number of pyridine rings is 1. The van der Waals surface area contributed by atoms with Crippen molar-refractivity contribution in [2.75, 3.05) is 5.32 Å². The number of hydrogen-bond donors (Lipinski definition) is 2. The summed E-state index contributed by atoms with van der Waals surface area (Å²) in [5, 5.41) is 14.8. The molecule has 27 heavy (non-hydrogen) atoms. The van der Waals surface area contributed by atoms with Crippen LogP contribution in [-0.2, 0) is 6.54 Å². The summed E-state index contributed by atoms with van der Waals surface area (Å²) in [7, 11) is 0. The van der Waals surface area contributed by atoms with Gasteiger partial charge < -0.3 is 15.4 Å². The van der Waals surface area contributed by atoms with Gasteiger partial charge in [-0.25, -0.2) is 4.79 Å². The number of nitrogens with one attached hydrogen (secondary N) is 2. The van der Waals surface area contributed by atoms with Gasteiger partial charge >= 0.3 is 6.03 Å². The molecule has 6 nitrogen and oxygen atoms in total. The van der Waals surface area contributed by atoms with E-state index in [1.807, 2.05) is 0 Å². The molecule has 0 atom stereocenters. The van der Waals surface area contributed by atoms with Crippen molar-refractivity contribution < 1.29 is 9.53 Å². The molecule has 0 aliphatic heterocycles. The number of urea groups is 1. The monoisotopic (exact) mass is 378 g/mol. The Balaban J connectivity index is 1.52. The van der Waals surface area contributed by atoms with Crippen LogP contribution in [0.1, 0.15) is 11.3 Å². The molecule has 1 aromatic heterocycles. The van der Waals surface area contributed by atoms with E-state index in [2.05, 4.69) is 21.7 Å². The Kier molecular flexibility index (Phi) is 5.87. The molecule has 0 radical (unpaired) electrons. The molecule has 1 heterocycles. The van der Waals surface area contributed by atoms with Gasteiger partial charge in [-0.05, 0) is 60.7 Å². The molecule has 0 saturated heterocycles. The summed E-state index contributed by atoms with van der Waals surface area (Å²) in [6.45, 7) is 0.270. The molecule has 0 aliphatic rings. The molecule has 0 unspecified atom stereocenters. The van der Waals surface area contributed by atoms with E-state index in [0.29, 0.717) is 33.5 Å². The van der Waals surface area contributed by atoms with E-state index in [4.69, 9.17) is 21.6 Å². The Morgan fingerprint density at radius 3 is 2.37 bits per heavy atom. The third-order valence-corrected chi connectivity index (χ3v) is 3.78. The van der Waals surface area contributed by atoms with Gasteiger partial charge in [-0.2, -0.15) is 5.26 Å². The van der Waals surface area contributed by atoms with Crippen LogP contribution >= 0.6 is 11.6 Å². The summed E-state index contributed by atoms with van der Waals surface area (Å²) in [6, 6.07) is 18.8.